The number of amides is 1. The van der Waals surface area contributed by atoms with Crippen LogP contribution in [0.4, 0.5) is 0 Å². The number of carbonyl (C=O) groups is 1. The molecule has 0 aliphatic carbocycles. The van der Waals surface area contributed by atoms with Gasteiger partial charge in [0.2, 0.25) is 11.9 Å². The Hall–Kier alpha value is -2.69. The molecule has 0 N–H and O–H groups in total. The summed E-state index contributed by atoms with van der Waals surface area (Å²) in [7, 11) is 0. The van der Waals surface area contributed by atoms with E-state index in [1.54, 1.807) is 4.90 Å². The van der Waals surface area contributed by atoms with Gasteiger partial charge in [0.1, 0.15) is 6.04 Å². The Bertz CT molecular complexity index is 703. The first-order valence-electron chi connectivity index (χ1n) is 8.18. The quantitative estimate of drug-likeness (QED) is 0.626. The van der Waals surface area contributed by atoms with Gasteiger partial charge in [0.25, 0.3) is 0 Å². The predicted molar refractivity (Wildman–Crippen MR) is 91.1 cm³/mol. The summed E-state index contributed by atoms with van der Waals surface area (Å²) < 4.78 is 0. The van der Waals surface area contributed by atoms with Crippen molar-refractivity contribution in [3.8, 4) is 0 Å². The molecule has 24 heavy (non-hydrogen) atoms. The van der Waals surface area contributed by atoms with Gasteiger partial charge in [0.05, 0.1) is 0 Å². The van der Waals surface area contributed by atoms with E-state index in [1.165, 1.54) is 0 Å². The summed E-state index contributed by atoms with van der Waals surface area (Å²) >= 11 is 0. The minimum atomic E-state index is -0.749. The van der Waals surface area contributed by atoms with Gasteiger partial charge in [-0.2, -0.15) is 0 Å². The Morgan fingerprint density at radius 2 is 1.67 bits per heavy atom. The van der Waals surface area contributed by atoms with Crippen molar-refractivity contribution in [3.05, 3.63) is 81.9 Å². The summed E-state index contributed by atoms with van der Waals surface area (Å²) in [6.07, 6.45) is 1.23. The molecule has 0 spiro atoms. The number of benzene rings is 2. The normalized spacial score (nSPS) is 20.8. The molecular weight excluding hydrogens is 304 g/mol. The van der Waals surface area contributed by atoms with Crippen molar-refractivity contribution < 1.29 is 9.72 Å². The zero-order valence-electron chi connectivity index (χ0n) is 13.4. The molecule has 1 aliphatic rings. The maximum Gasteiger partial charge on any atom is 0.237 e. The highest BCUT2D eigenvalue weighted by atomic mass is 16.6. The monoisotopic (exact) mass is 324 g/mol. The van der Waals surface area contributed by atoms with E-state index in [9.17, 15) is 14.9 Å². The van der Waals surface area contributed by atoms with Crippen molar-refractivity contribution >= 4 is 5.91 Å². The fraction of sp³-hybridized carbons (Fsp3) is 0.316. The van der Waals surface area contributed by atoms with E-state index >= 15 is 0 Å². The van der Waals surface area contributed by atoms with Crippen molar-refractivity contribution in [3.63, 3.8) is 0 Å². The first-order valence-corrected chi connectivity index (χ1v) is 8.18. The number of likely N-dealkylation sites (tertiary alicyclic amines) is 1. The molecule has 1 fully saturated rings. The smallest absolute Gasteiger partial charge is 0.237 e. The molecule has 2 unspecified atom stereocenters. The second kappa shape index (κ2) is 7.25. The van der Waals surface area contributed by atoms with E-state index in [0.29, 0.717) is 19.4 Å². The van der Waals surface area contributed by atoms with Crippen molar-refractivity contribution in [2.75, 3.05) is 6.54 Å². The van der Waals surface area contributed by atoms with Gasteiger partial charge < -0.3 is 4.90 Å². The second-order valence-electron chi connectivity index (χ2n) is 6.07. The van der Waals surface area contributed by atoms with Crippen LogP contribution in [0.2, 0.25) is 0 Å². The first kappa shape index (κ1) is 16.2. The second-order valence-corrected chi connectivity index (χ2v) is 6.07. The lowest BCUT2D eigenvalue weighted by Crippen LogP contribution is -2.48. The lowest BCUT2D eigenvalue weighted by Gasteiger charge is -2.37. The van der Waals surface area contributed by atoms with Gasteiger partial charge in [0, 0.05) is 24.3 Å². The first-order chi connectivity index (χ1) is 11.7. The number of hydrogen-bond donors (Lipinski definition) is 0. The number of piperidine rings is 1. The van der Waals surface area contributed by atoms with Crippen LogP contribution < -0.4 is 0 Å². The minimum Gasteiger partial charge on any atom is -0.328 e. The molecule has 0 saturated carbocycles. The molecule has 0 aromatic heterocycles. The topological polar surface area (TPSA) is 63.4 Å². The maximum atomic E-state index is 12.5. The molecule has 0 radical (unpaired) electrons. The Balaban J connectivity index is 1.87. The van der Waals surface area contributed by atoms with E-state index < -0.39 is 12.1 Å². The summed E-state index contributed by atoms with van der Waals surface area (Å²) in [5, 5.41) is 11.5. The Morgan fingerprint density at radius 1 is 1.04 bits per heavy atom. The lowest BCUT2D eigenvalue weighted by atomic mass is 9.90. The number of nitro groups is 1. The highest BCUT2D eigenvalue weighted by Gasteiger charge is 2.43. The molecule has 3 rings (SSSR count). The summed E-state index contributed by atoms with van der Waals surface area (Å²) in [6, 6.07) is 18.0. The van der Waals surface area contributed by atoms with Crippen LogP contribution in [0.1, 0.15) is 30.0 Å². The molecule has 5 heteroatoms. The minimum absolute atomic E-state index is 0.00196. The summed E-state index contributed by atoms with van der Waals surface area (Å²) in [4.78, 5) is 25.5. The third-order valence-corrected chi connectivity index (χ3v) is 4.57. The Labute approximate surface area is 141 Å². The van der Waals surface area contributed by atoms with Gasteiger partial charge in [-0.05, 0) is 17.5 Å². The fourth-order valence-corrected chi connectivity index (χ4v) is 3.37. The highest BCUT2D eigenvalue weighted by molar-refractivity contribution is 5.77. The van der Waals surface area contributed by atoms with E-state index in [2.05, 4.69) is 0 Å². The highest BCUT2D eigenvalue weighted by Crippen LogP contribution is 2.33. The van der Waals surface area contributed by atoms with Crippen LogP contribution in [0.5, 0.6) is 0 Å². The van der Waals surface area contributed by atoms with Crippen LogP contribution >= 0.6 is 0 Å². The van der Waals surface area contributed by atoms with Crippen molar-refractivity contribution in [1.82, 2.24) is 4.90 Å². The fourth-order valence-electron chi connectivity index (χ4n) is 3.37. The number of hydrogen-bond acceptors (Lipinski definition) is 3. The van der Waals surface area contributed by atoms with E-state index in [1.807, 2.05) is 60.7 Å². The molecule has 1 amide bonds. The van der Waals surface area contributed by atoms with Crippen LogP contribution in [-0.4, -0.2) is 28.3 Å². The zero-order chi connectivity index (χ0) is 16.9. The number of carbonyl (C=O) groups excluding carboxylic acids is 1. The van der Waals surface area contributed by atoms with Crippen molar-refractivity contribution in [1.29, 1.82) is 0 Å². The predicted octanol–water partition coefficient (Wildman–Crippen LogP) is 3.24. The van der Waals surface area contributed by atoms with E-state index in [4.69, 9.17) is 0 Å². The average molecular weight is 324 g/mol. The maximum absolute atomic E-state index is 12.5. The molecule has 2 atom stereocenters. The standard InChI is InChI=1S/C19H20N2O3/c22-18-12-11-17(21(23)24)19(16-9-5-2-6-10-16)20(18)14-13-15-7-3-1-4-8-15/h1-10,17,19H,11-14H2. The molecule has 124 valence electrons. The lowest BCUT2D eigenvalue weighted by molar-refractivity contribution is -0.533. The van der Waals surface area contributed by atoms with E-state index in [-0.39, 0.29) is 17.3 Å². The number of nitrogens with zero attached hydrogens (tertiary/aromatic N) is 2. The average Bonchev–Trinajstić information content (AvgIpc) is 2.61. The molecule has 5 nitrogen and oxygen atoms in total. The van der Waals surface area contributed by atoms with Crippen LogP contribution in [0, 0.1) is 10.1 Å². The van der Waals surface area contributed by atoms with Gasteiger partial charge >= 0.3 is 0 Å². The van der Waals surface area contributed by atoms with Crippen LogP contribution in [-0.2, 0) is 11.2 Å². The molecule has 2 aromatic carbocycles. The third kappa shape index (κ3) is 3.45. The Kier molecular flexibility index (Phi) is 4.89. The molecular formula is C19H20N2O3. The summed E-state index contributed by atoms with van der Waals surface area (Å²) in [5.74, 6) is -0.00196. The molecule has 0 bridgehead atoms. The van der Waals surface area contributed by atoms with E-state index in [0.717, 1.165) is 11.1 Å². The molecule has 1 aliphatic heterocycles. The van der Waals surface area contributed by atoms with Crippen molar-refractivity contribution in [2.24, 2.45) is 0 Å². The molecule has 1 heterocycles. The van der Waals surface area contributed by atoms with Crippen LogP contribution in [0.25, 0.3) is 0 Å². The van der Waals surface area contributed by atoms with Gasteiger partial charge in [-0.3, -0.25) is 14.9 Å². The van der Waals surface area contributed by atoms with Crippen LogP contribution in [0.15, 0.2) is 60.7 Å². The molecule has 1 saturated heterocycles. The van der Waals surface area contributed by atoms with Gasteiger partial charge in [-0.25, -0.2) is 0 Å². The van der Waals surface area contributed by atoms with Gasteiger partial charge in [0.15, 0.2) is 0 Å². The van der Waals surface area contributed by atoms with Crippen LogP contribution in [0.3, 0.4) is 0 Å². The molecule has 2 aromatic rings. The van der Waals surface area contributed by atoms with Gasteiger partial charge in [-0.15, -0.1) is 0 Å². The van der Waals surface area contributed by atoms with Gasteiger partial charge in [-0.1, -0.05) is 60.7 Å². The third-order valence-electron chi connectivity index (χ3n) is 4.57. The zero-order valence-corrected chi connectivity index (χ0v) is 13.4. The largest absolute Gasteiger partial charge is 0.328 e. The Morgan fingerprint density at radius 3 is 2.29 bits per heavy atom. The SMILES string of the molecule is O=C1CCC([N+](=O)[O-])C(c2ccccc2)N1CCc1ccccc1. The number of rotatable bonds is 5. The summed E-state index contributed by atoms with van der Waals surface area (Å²) in [6.45, 7) is 0.493. The summed E-state index contributed by atoms with van der Waals surface area (Å²) in [5.41, 5.74) is 1.96. The van der Waals surface area contributed by atoms with Crippen molar-refractivity contribution in [2.45, 2.75) is 31.3 Å².